The van der Waals surface area contributed by atoms with Crippen LogP contribution in [-0.4, -0.2) is 18.2 Å². The fourth-order valence-electron chi connectivity index (χ4n) is 2.90. The molecule has 3 rings (SSSR count). The Morgan fingerprint density at radius 2 is 1.79 bits per heavy atom. The third-order valence-corrected chi connectivity index (χ3v) is 4.26. The van der Waals surface area contributed by atoms with Gasteiger partial charge in [-0.05, 0) is 50.3 Å². The zero-order chi connectivity index (χ0) is 16.8. The standard InChI is InChI=1S/C20H23N3O/c1-15-10-12-17(13-11-15)21-14-20(24)23-22-19-9-5-3-7-16-6-2-4-8-18(16)19/h2,4,6,8,10-13,21H,3,5,7,9,14H2,1H3,(H,23,24)/b22-19-. The molecule has 0 fully saturated rings. The van der Waals surface area contributed by atoms with Crippen LogP contribution in [-0.2, 0) is 11.2 Å². The quantitative estimate of drug-likeness (QED) is 0.667. The lowest BCUT2D eigenvalue weighted by Gasteiger charge is -2.09. The molecule has 0 aliphatic heterocycles. The van der Waals surface area contributed by atoms with Gasteiger partial charge in [-0.15, -0.1) is 0 Å². The van der Waals surface area contributed by atoms with E-state index >= 15 is 0 Å². The van der Waals surface area contributed by atoms with Crippen molar-refractivity contribution in [1.82, 2.24) is 5.43 Å². The molecule has 0 bridgehead atoms. The van der Waals surface area contributed by atoms with Crippen molar-refractivity contribution < 1.29 is 4.79 Å². The molecule has 0 saturated heterocycles. The first-order chi connectivity index (χ1) is 11.7. The molecule has 4 heteroatoms. The van der Waals surface area contributed by atoms with Crippen molar-refractivity contribution in [3.8, 4) is 0 Å². The van der Waals surface area contributed by atoms with Crippen LogP contribution in [0.25, 0.3) is 0 Å². The molecule has 24 heavy (non-hydrogen) atoms. The molecule has 4 nitrogen and oxygen atoms in total. The summed E-state index contributed by atoms with van der Waals surface area (Å²) in [5.41, 5.74) is 8.29. The molecule has 0 unspecified atom stereocenters. The van der Waals surface area contributed by atoms with Gasteiger partial charge in [-0.2, -0.15) is 5.10 Å². The topological polar surface area (TPSA) is 53.5 Å². The third-order valence-electron chi connectivity index (χ3n) is 4.26. The van der Waals surface area contributed by atoms with Gasteiger partial charge in [-0.3, -0.25) is 4.79 Å². The van der Waals surface area contributed by atoms with Crippen LogP contribution in [0.4, 0.5) is 5.69 Å². The number of nitrogens with zero attached hydrogens (tertiary/aromatic N) is 1. The molecule has 0 heterocycles. The van der Waals surface area contributed by atoms with Gasteiger partial charge in [0, 0.05) is 11.3 Å². The van der Waals surface area contributed by atoms with Crippen molar-refractivity contribution in [3.05, 3.63) is 65.2 Å². The minimum absolute atomic E-state index is 0.134. The summed E-state index contributed by atoms with van der Waals surface area (Å²) in [4.78, 5) is 12.0. The minimum atomic E-state index is -0.134. The lowest BCUT2D eigenvalue weighted by molar-refractivity contribution is -0.119. The van der Waals surface area contributed by atoms with E-state index in [4.69, 9.17) is 0 Å². The maximum absolute atomic E-state index is 12.0. The Bertz CT molecular complexity index is 735. The van der Waals surface area contributed by atoms with Crippen molar-refractivity contribution in [2.24, 2.45) is 5.10 Å². The molecule has 1 aliphatic carbocycles. The molecule has 0 radical (unpaired) electrons. The van der Waals surface area contributed by atoms with E-state index in [1.54, 1.807) is 0 Å². The first kappa shape index (κ1) is 16.2. The Labute approximate surface area is 143 Å². The number of hydrogen-bond acceptors (Lipinski definition) is 3. The van der Waals surface area contributed by atoms with E-state index in [1.807, 2.05) is 37.3 Å². The maximum Gasteiger partial charge on any atom is 0.259 e. The van der Waals surface area contributed by atoms with Crippen molar-refractivity contribution in [3.63, 3.8) is 0 Å². The first-order valence-corrected chi connectivity index (χ1v) is 8.46. The fraction of sp³-hybridized carbons (Fsp3) is 0.300. The number of amides is 1. The van der Waals surface area contributed by atoms with Crippen LogP contribution in [0.15, 0.2) is 53.6 Å². The molecule has 1 aliphatic rings. The fourth-order valence-corrected chi connectivity index (χ4v) is 2.90. The SMILES string of the molecule is Cc1ccc(NCC(=O)N/N=C2/CCCCc3ccccc32)cc1. The molecular weight excluding hydrogens is 298 g/mol. The maximum atomic E-state index is 12.0. The van der Waals surface area contributed by atoms with Crippen LogP contribution in [0.5, 0.6) is 0 Å². The second kappa shape index (κ2) is 7.77. The van der Waals surface area contributed by atoms with Crippen molar-refractivity contribution in [1.29, 1.82) is 0 Å². The second-order valence-corrected chi connectivity index (χ2v) is 6.18. The summed E-state index contributed by atoms with van der Waals surface area (Å²) in [6.07, 6.45) is 4.25. The molecule has 0 saturated carbocycles. The second-order valence-electron chi connectivity index (χ2n) is 6.18. The number of carbonyl (C=O) groups excluding carboxylic acids is 1. The lowest BCUT2D eigenvalue weighted by Crippen LogP contribution is -2.27. The van der Waals surface area contributed by atoms with E-state index in [0.29, 0.717) is 0 Å². The summed E-state index contributed by atoms with van der Waals surface area (Å²) in [7, 11) is 0. The molecule has 2 aromatic carbocycles. The average molecular weight is 321 g/mol. The number of hydrazone groups is 1. The predicted octanol–water partition coefficient (Wildman–Crippen LogP) is 3.65. The largest absolute Gasteiger partial charge is 0.376 e. The summed E-state index contributed by atoms with van der Waals surface area (Å²) >= 11 is 0. The summed E-state index contributed by atoms with van der Waals surface area (Å²) in [5, 5.41) is 7.50. The molecule has 0 aromatic heterocycles. The number of rotatable bonds is 4. The molecule has 0 atom stereocenters. The Morgan fingerprint density at radius 1 is 1.04 bits per heavy atom. The highest BCUT2D eigenvalue weighted by Crippen LogP contribution is 2.20. The minimum Gasteiger partial charge on any atom is -0.376 e. The van der Waals surface area contributed by atoms with Crippen LogP contribution in [0.2, 0.25) is 0 Å². The van der Waals surface area contributed by atoms with E-state index in [9.17, 15) is 4.79 Å². The van der Waals surface area contributed by atoms with Crippen molar-refractivity contribution in [2.75, 3.05) is 11.9 Å². The summed E-state index contributed by atoms with van der Waals surface area (Å²) < 4.78 is 0. The summed E-state index contributed by atoms with van der Waals surface area (Å²) in [5.74, 6) is -0.134. The monoisotopic (exact) mass is 321 g/mol. The van der Waals surface area contributed by atoms with Crippen molar-refractivity contribution >= 4 is 17.3 Å². The molecule has 0 spiro atoms. The molecule has 1 amide bonds. The van der Waals surface area contributed by atoms with Gasteiger partial charge >= 0.3 is 0 Å². The Kier molecular flexibility index (Phi) is 5.26. The van der Waals surface area contributed by atoms with Crippen molar-refractivity contribution in [2.45, 2.75) is 32.6 Å². The van der Waals surface area contributed by atoms with Crippen LogP contribution < -0.4 is 10.7 Å². The number of hydrogen-bond donors (Lipinski definition) is 2. The zero-order valence-corrected chi connectivity index (χ0v) is 14.0. The van der Waals surface area contributed by atoms with Gasteiger partial charge in [0.1, 0.15) is 0 Å². The molecule has 2 aromatic rings. The predicted molar refractivity (Wildman–Crippen MR) is 98.3 cm³/mol. The normalized spacial score (nSPS) is 15.5. The van der Waals surface area contributed by atoms with E-state index in [2.05, 4.69) is 34.0 Å². The van der Waals surface area contributed by atoms with Gasteiger partial charge in [0.05, 0.1) is 12.3 Å². The zero-order valence-electron chi connectivity index (χ0n) is 14.0. The van der Waals surface area contributed by atoms with Gasteiger partial charge in [-0.1, -0.05) is 42.0 Å². The number of benzene rings is 2. The number of carbonyl (C=O) groups is 1. The van der Waals surface area contributed by atoms with Gasteiger partial charge in [0.25, 0.3) is 5.91 Å². The third kappa shape index (κ3) is 4.22. The smallest absolute Gasteiger partial charge is 0.259 e. The van der Waals surface area contributed by atoms with E-state index in [0.717, 1.165) is 30.7 Å². The summed E-state index contributed by atoms with van der Waals surface area (Å²) in [6.45, 7) is 2.25. The highest BCUT2D eigenvalue weighted by Gasteiger charge is 2.13. The molecule has 2 N–H and O–H groups in total. The van der Waals surface area contributed by atoms with E-state index in [-0.39, 0.29) is 12.5 Å². The van der Waals surface area contributed by atoms with E-state index in [1.165, 1.54) is 23.1 Å². The summed E-state index contributed by atoms with van der Waals surface area (Å²) in [6, 6.07) is 16.3. The average Bonchev–Trinajstić information content (AvgIpc) is 2.82. The molecular formula is C20H23N3O. The van der Waals surface area contributed by atoms with Crippen LogP contribution >= 0.6 is 0 Å². The number of aryl methyl sites for hydroxylation is 2. The number of nitrogens with one attached hydrogen (secondary N) is 2. The Balaban J connectivity index is 1.60. The highest BCUT2D eigenvalue weighted by molar-refractivity contribution is 6.02. The lowest BCUT2D eigenvalue weighted by atomic mass is 10.0. The highest BCUT2D eigenvalue weighted by atomic mass is 16.2. The Morgan fingerprint density at radius 3 is 2.62 bits per heavy atom. The van der Waals surface area contributed by atoms with Crippen LogP contribution in [0.1, 0.15) is 36.0 Å². The van der Waals surface area contributed by atoms with Crippen LogP contribution in [0.3, 0.4) is 0 Å². The first-order valence-electron chi connectivity index (χ1n) is 8.46. The van der Waals surface area contributed by atoms with Gasteiger partial charge in [-0.25, -0.2) is 5.43 Å². The van der Waals surface area contributed by atoms with Gasteiger partial charge in [0.2, 0.25) is 0 Å². The number of anilines is 1. The van der Waals surface area contributed by atoms with Crippen LogP contribution in [0, 0.1) is 6.92 Å². The number of fused-ring (bicyclic) bond motifs is 1. The van der Waals surface area contributed by atoms with E-state index < -0.39 is 0 Å². The van der Waals surface area contributed by atoms with Gasteiger partial charge in [0.15, 0.2) is 0 Å². The molecule has 124 valence electrons. The Hall–Kier alpha value is -2.62. The van der Waals surface area contributed by atoms with Gasteiger partial charge < -0.3 is 5.32 Å².